The Morgan fingerprint density at radius 2 is 1.88 bits per heavy atom. The fraction of sp³-hybridized carbons (Fsp3) is 0.269. The number of aromatic nitrogens is 1. The second-order valence-corrected chi connectivity index (χ2v) is 9.29. The minimum Gasteiger partial charge on any atom is -0.454 e. The van der Waals surface area contributed by atoms with E-state index < -0.39 is 17.2 Å². The summed E-state index contributed by atoms with van der Waals surface area (Å²) in [5.74, 6) is -1.13. The third-order valence-corrected chi connectivity index (χ3v) is 5.96. The molecule has 0 saturated carbocycles. The number of ketones is 1. The van der Waals surface area contributed by atoms with Crippen LogP contribution in [0.3, 0.4) is 0 Å². The lowest BCUT2D eigenvalue weighted by atomic mass is 9.91. The highest BCUT2D eigenvalue weighted by Crippen LogP contribution is 2.38. The largest absolute Gasteiger partial charge is 0.454 e. The molecule has 0 fully saturated rings. The summed E-state index contributed by atoms with van der Waals surface area (Å²) in [7, 11) is 0. The summed E-state index contributed by atoms with van der Waals surface area (Å²) < 4.78 is 19.8. The first kappa shape index (κ1) is 22.2. The molecule has 4 nitrogen and oxygen atoms in total. The van der Waals surface area contributed by atoms with Crippen LogP contribution in [-0.4, -0.2) is 23.3 Å². The highest BCUT2D eigenvalue weighted by molar-refractivity contribution is 6.32. The van der Waals surface area contributed by atoms with Crippen LogP contribution in [0.1, 0.15) is 54.4 Å². The highest BCUT2D eigenvalue weighted by atomic mass is 35.5. The van der Waals surface area contributed by atoms with Gasteiger partial charge in [-0.3, -0.25) is 4.79 Å². The maximum Gasteiger partial charge on any atom is 0.339 e. The lowest BCUT2D eigenvalue weighted by Crippen LogP contribution is -2.26. The van der Waals surface area contributed by atoms with Gasteiger partial charge in [0.15, 0.2) is 12.4 Å². The van der Waals surface area contributed by atoms with E-state index in [0.717, 1.165) is 11.1 Å². The molecule has 0 bridgehead atoms. The molecule has 0 saturated heterocycles. The average molecular weight is 452 g/mol. The molecule has 2 aromatic carbocycles. The maximum atomic E-state index is 14.4. The van der Waals surface area contributed by atoms with Crippen LogP contribution in [0.25, 0.3) is 22.6 Å². The molecule has 0 atom stereocenters. The smallest absolute Gasteiger partial charge is 0.339 e. The van der Waals surface area contributed by atoms with Crippen molar-refractivity contribution in [1.82, 2.24) is 4.98 Å². The predicted octanol–water partition coefficient (Wildman–Crippen LogP) is 6.29. The second kappa shape index (κ2) is 8.47. The van der Waals surface area contributed by atoms with Gasteiger partial charge >= 0.3 is 5.97 Å². The Morgan fingerprint density at radius 3 is 2.59 bits per heavy atom. The van der Waals surface area contributed by atoms with Crippen LogP contribution in [0.4, 0.5) is 4.39 Å². The summed E-state index contributed by atoms with van der Waals surface area (Å²) in [6, 6.07) is 11.9. The number of hydrogen-bond donors (Lipinski definition) is 0. The van der Waals surface area contributed by atoms with E-state index in [2.05, 4.69) is 0 Å². The molecule has 164 valence electrons. The lowest BCUT2D eigenvalue weighted by Gasteiger charge is -2.17. The molecule has 1 aliphatic rings. The molecular weight excluding hydrogens is 429 g/mol. The highest BCUT2D eigenvalue weighted by Gasteiger charge is 2.29. The van der Waals surface area contributed by atoms with Gasteiger partial charge in [-0.1, -0.05) is 56.6 Å². The molecule has 0 N–H and O–H groups in total. The molecule has 1 aliphatic carbocycles. The number of carbonyl (C=O) groups excluding carboxylic acids is 2. The number of hydrogen-bond acceptors (Lipinski definition) is 4. The Kier molecular flexibility index (Phi) is 5.87. The van der Waals surface area contributed by atoms with E-state index in [1.165, 1.54) is 6.07 Å². The summed E-state index contributed by atoms with van der Waals surface area (Å²) in [4.78, 5) is 30.2. The minimum atomic E-state index is -0.600. The summed E-state index contributed by atoms with van der Waals surface area (Å²) in [5.41, 5.74) is 2.93. The zero-order valence-electron chi connectivity index (χ0n) is 18.2. The lowest BCUT2D eigenvalue weighted by molar-refractivity contribution is -0.129. The van der Waals surface area contributed by atoms with Crippen molar-refractivity contribution in [1.29, 1.82) is 0 Å². The number of halogens is 2. The molecular formula is C26H23ClFNO3. The van der Waals surface area contributed by atoms with Crippen LogP contribution in [-0.2, 0) is 16.0 Å². The Hall–Kier alpha value is -3.05. The van der Waals surface area contributed by atoms with Crippen molar-refractivity contribution in [2.75, 3.05) is 6.61 Å². The van der Waals surface area contributed by atoms with E-state index in [9.17, 15) is 14.0 Å². The van der Waals surface area contributed by atoms with Gasteiger partial charge in [-0.05, 0) is 48.3 Å². The normalized spacial score (nSPS) is 14.6. The van der Waals surface area contributed by atoms with E-state index in [1.807, 2.05) is 24.3 Å². The van der Waals surface area contributed by atoms with E-state index in [-0.39, 0.29) is 12.4 Å². The molecule has 0 radical (unpaired) electrons. The first-order valence-electron chi connectivity index (χ1n) is 10.4. The van der Waals surface area contributed by atoms with Crippen molar-refractivity contribution in [3.8, 4) is 0 Å². The Balaban J connectivity index is 1.80. The van der Waals surface area contributed by atoms with Crippen molar-refractivity contribution >= 4 is 45.9 Å². The van der Waals surface area contributed by atoms with E-state index in [4.69, 9.17) is 21.3 Å². The number of allylic oxidation sites excluding steroid dienone is 1. The van der Waals surface area contributed by atoms with Crippen molar-refractivity contribution < 1.29 is 18.7 Å². The molecule has 3 aromatic rings. The van der Waals surface area contributed by atoms with E-state index >= 15 is 0 Å². The van der Waals surface area contributed by atoms with Gasteiger partial charge in [0, 0.05) is 16.4 Å². The van der Waals surface area contributed by atoms with Gasteiger partial charge in [-0.25, -0.2) is 14.2 Å². The van der Waals surface area contributed by atoms with Crippen LogP contribution < -0.4 is 0 Å². The number of carbonyl (C=O) groups is 2. The van der Waals surface area contributed by atoms with Crippen LogP contribution in [0.15, 0.2) is 42.5 Å². The van der Waals surface area contributed by atoms with Gasteiger partial charge in [0.2, 0.25) is 0 Å². The van der Waals surface area contributed by atoms with Gasteiger partial charge in [0.1, 0.15) is 5.82 Å². The summed E-state index contributed by atoms with van der Waals surface area (Å²) in [5, 5.41) is 0.983. The fourth-order valence-electron chi connectivity index (χ4n) is 3.75. The first-order chi connectivity index (χ1) is 15.2. The van der Waals surface area contributed by atoms with Gasteiger partial charge in [0.25, 0.3) is 0 Å². The average Bonchev–Trinajstić information content (AvgIpc) is 3.14. The number of nitrogens with zero attached hydrogens (tertiary/aromatic N) is 1. The number of Topliss-reactive ketones (excluding diaryl/α,β-unsaturated/α-hetero) is 1. The van der Waals surface area contributed by atoms with Crippen molar-refractivity contribution in [3.05, 3.63) is 75.7 Å². The number of fused-ring (bicyclic) bond motifs is 2. The SMILES string of the molecule is CC(C)(C)C(=O)COC(=O)c1c2c(nc3ccccc13)C(=Cc1c(F)cccc1Cl)CC2. The number of para-hydroxylation sites is 1. The molecule has 0 unspecified atom stereocenters. The van der Waals surface area contributed by atoms with Crippen molar-refractivity contribution in [3.63, 3.8) is 0 Å². The number of esters is 1. The molecule has 0 amide bonds. The van der Waals surface area contributed by atoms with E-state index in [1.54, 1.807) is 39.0 Å². The Labute approximate surface area is 191 Å². The van der Waals surface area contributed by atoms with Crippen molar-refractivity contribution in [2.24, 2.45) is 5.41 Å². The number of ether oxygens (including phenoxy) is 1. The molecule has 1 aromatic heterocycles. The fourth-order valence-corrected chi connectivity index (χ4v) is 3.97. The summed E-state index contributed by atoms with van der Waals surface area (Å²) in [6.07, 6.45) is 2.84. The van der Waals surface area contributed by atoms with Crippen molar-refractivity contribution in [2.45, 2.75) is 33.6 Å². The zero-order valence-corrected chi connectivity index (χ0v) is 18.9. The number of benzene rings is 2. The second-order valence-electron chi connectivity index (χ2n) is 8.89. The standard InChI is InChI=1S/C26H23ClFNO3/c1-26(2,3)22(30)14-32-25(31)23-16-7-4-5-10-21(16)29-24-15(11-12-17(23)24)13-18-19(27)8-6-9-20(18)28/h4-10,13H,11-12,14H2,1-3H3. The molecule has 0 spiro atoms. The number of pyridine rings is 1. The van der Waals surface area contributed by atoms with Crippen LogP contribution in [0.2, 0.25) is 5.02 Å². The van der Waals surface area contributed by atoms with Gasteiger partial charge in [0.05, 0.1) is 21.8 Å². The molecule has 1 heterocycles. The molecule has 6 heteroatoms. The van der Waals surface area contributed by atoms with E-state index in [0.29, 0.717) is 45.6 Å². The molecule has 32 heavy (non-hydrogen) atoms. The topological polar surface area (TPSA) is 56.3 Å². The van der Waals surface area contributed by atoms with Crippen LogP contribution in [0.5, 0.6) is 0 Å². The van der Waals surface area contributed by atoms with Crippen LogP contribution in [0, 0.1) is 11.2 Å². The maximum absolute atomic E-state index is 14.4. The minimum absolute atomic E-state index is 0.157. The Morgan fingerprint density at radius 1 is 1.12 bits per heavy atom. The van der Waals surface area contributed by atoms with Crippen LogP contribution >= 0.6 is 11.6 Å². The molecule has 4 rings (SSSR count). The third kappa shape index (κ3) is 4.17. The summed E-state index contributed by atoms with van der Waals surface area (Å²) >= 11 is 6.21. The van der Waals surface area contributed by atoms with Gasteiger partial charge in [-0.15, -0.1) is 0 Å². The molecule has 0 aliphatic heterocycles. The monoisotopic (exact) mass is 451 g/mol. The zero-order chi connectivity index (χ0) is 23.0. The van der Waals surface area contributed by atoms with Gasteiger partial charge in [-0.2, -0.15) is 0 Å². The predicted molar refractivity (Wildman–Crippen MR) is 124 cm³/mol. The quantitative estimate of drug-likeness (QED) is 0.437. The third-order valence-electron chi connectivity index (χ3n) is 5.64. The number of rotatable bonds is 4. The van der Waals surface area contributed by atoms with Gasteiger partial charge < -0.3 is 4.74 Å². The first-order valence-corrected chi connectivity index (χ1v) is 10.8. The Bertz CT molecular complexity index is 1250. The summed E-state index contributed by atoms with van der Waals surface area (Å²) in [6.45, 7) is 5.07.